The van der Waals surface area contributed by atoms with E-state index in [9.17, 15) is 9.90 Å². The first-order chi connectivity index (χ1) is 6.35. The van der Waals surface area contributed by atoms with Crippen molar-refractivity contribution >= 4 is 5.97 Å². The summed E-state index contributed by atoms with van der Waals surface area (Å²) in [5.41, 5.74) is 5.19. The van der Waals surface area contributed by atoms with Gasteiger partial charge in [0.1, 0.15) is 5.97 Å². The number of rotatable bonds is 2. The van der Waals surface area contributed by atoms with Gasteiger partial charge in [-0.05, 0) is 25.5 Å². The molecule has 0 saturated heterocycles. The molecule has 0 heterocycles. The van der Waals surface area contributed by atoms with Crippen LogP contribution in [0, 0.1) is 13.8 Å². The average molecular weight is 193 g/mol. The summed E-state index contributed by atoms with van der Waals surface area (Å²) in [4.78, 5) is 10.9. The molecule has 0 fully saturated rings. The summed E-state index contributed by atoms with van der Waals surface area (Å²) in [7, 11) is 0. The zero-order valence-electron chi connectivity index (χ0n) is 8.76. The van der Waals surface area contributed by atoms with Crippen LogP contribution < -0.4 is 10.8 Å². The van der Waals surface area contributed by atoms with Crippen LogP contribution in [0.1, 0.15) is 23.6 Å². The highest BCUT2D eigenvalue weighted by Crippen LogP contribution is 2.20. The van der Waals surface area contributed by atoms with Gasteiger partial charge in [0.15, 0.2) is 5.54 Å². The SMILES string of the molecule is Cc1ccc(C)c([C@@](C)([NH3+])C(=O)[O-])c1. The molecule has 0 aliphatic rings. The van der Waals surface area contributed by atoms with Crippen molar-refractivity contribution in [3.8, 4) is 0 Å². The molecular formula is C11H15NO2. The van der Waals surface area contributed by atoms with Crippen LogP contribution in [0.15, 0.2) is 18.2 Å². The third-order valence-corrected chi connectivity index (χ3v) is 2.44. The van der Waals surface area contributed by atoms with Crippen molar-refractivity contribution in [2.75, 3.05) is 0 Å². The quantitative estimate of drug-likeness (QED) is 0.688. The fourth-order valence-electron chi connectivity index (χ4n) is 1.44. The number of quaternary nitrogens is 1. The van der Waals surface area contributed by atoms with Crippen molar-refractivity contribution in [2.45, 2.75) is 26.3 Å². The van der Waals surface area contributed by atoms with Gasteiger partial charge in [-0.3, -0.25) is 0 Å². The lowest BCUT2D eigenvalue weighted by Gasteiger charge is -2.24. The molecule has 3 N–H and O–H groups in total. The van der Waals surface area contributed by atoms with Gasteiger partial charge in [-0.2, -0.15) is 0 Å². The highest BCUT2D eigenvalue weighted by molar-refractivity contribution is 5.76. The summed E-state index contributed by atoms with van der Waals surface area (Å²) in [6, 6.07) is 5.69. The van der Waals surface area contributed by atoms with E-state index in [-0.39, 0.29) is 0 Å². The second-order valence-corrected chi connectivity index (χ2v) is 3.94. The molecule has 1 aromatic rings. The Morgan fingerprint density at radius 2 is 2.00 bits per heavy atom. The van der Waals surface area contributed by atoms with Crippen LogP contribution in [0.5, 0.6) is 0 Å². The number of hydrogen-bond acceptors (Lipinski definition) is 2. The van der Waals surface area contributed by atoms with E-state index in [1.54, 1.807) is 6.92 Å². The molecule has 14 heavy (non-hydrogen) atoms. The topological polar surface area (TPSA) is 67.8 Å². The van der Waals surface area contributed by atoms with E-state index < -0.39 is 11.5 Å². The zero-order chi connectivity index (χ0) is 10.9. The first-order valence-electron chi connectivity index (χ1n) is 4.50. The van der Waals surface area contributed by atoms with Gasteiger partial charge in [0.05, 0.1) is 0 Å². The molecule has 0 amide bonds. The van der Waals surface area contributed by atoms with Crippen molar-refractivity contribution in [1.29, 1.82) is 0 Å². The highest BCUT2D eigenvalue weighted by Gasteiger charge is 2.28. The van der Waals surface area contributed by atoms with Gasteiger partial charge >= 0.3 is 0 Å². The number of carboxylic acids is 1. The van der Waals surface area contributed by atoms with Gasteiger partial charge in [-0.1, -0.05) is 17.7 Å². The summed E-state index contributed by atoms with van der Waals surface area (Å²) >= 11 is 0. The third kappa shape index (κ3) is 1.77. The van der Waals surface area contributed by atoms with E-state index in [0.717, 1.165) is 16.7 Å². The Labute approximate surface area is 83.6 Å². The second-order valence-electron chi connectivity index (χ2n) is 3.94. The molecule has 76 valence electrons. The van der Waals surface area contributed by atoms with E-state index in [2.05, 4.69) is 5.73 Å². The molecule has 0 radical (unpaired) electrons. The lowest BCUT2D eigenvalue weighted by molar-refractivity contribution is -0.489. The van der Waals surface area contributed by atoms with Crippen LogP contribution in [-0.2, 0) is 10.3 Å². The van der Waals surface area contributed by atoms with E-state index in [1.165, 1.54) is 0 Å². The van der Waals surface area contributed by atoms with Crippen LogP contribution in [0.2, 0.25) is 0 Å². The Balaban J connectivity index is 3.31. The van der Waals surface area contributed by atoms with Crippen molar-refractivity contribution in [2.24, 2.45) is 0 Å². The Morgan fingerprint density at radius 1 is 1.43 bits per heavy atom. The average Bonchev–Trinajstić information content (AvgIpc) is 2.08. The molecule has 0 unspecified atom stereocenters. The summed E-state index contributed by atoms with van der Waals surface area (Å²) < 4.78 is 0. The largest absolute Gasteiger partial charge is 0.543 e. The van der Waals surface area contributed by atoms with E-state index in [1.807, 2.05) is 32.0 Å². The molecule has 1 atom stereocenters. The number of hydrogen-bond donors (Lipinski definition) is 1. The van der Waals surface area contributed by atoms with Gasteiger partial charge in [0, 0.05) is 12.5 Å². The summed E-state index contributed by atoms with van der Waals surface area (Å²) in [6.07, 6.45) is 0. The fourth-order valence-corrected chi connectivity index (χ4v) is 1.44. The normalized spacial score (nSPS) is 14.9. The fraction of sp³-hybridized carbons (Fsp3) is 0.364. The predicted octanol–water partition coefficient (Wildman–Crippen LogP) is -0.490. The second kappa shape index (κ2) is 3.42. The first-order valence-corrected chi connectivity index (χ1v) is 4.50. The van der Waals surface area contributed by atoms with Gasteiger partial charge in [0.2, 0.25) is 0 Å². The number of carbonyl (C=O) groups is 1. The van der Waals surface area contributed by atoms with E-state index >= 15 is 0 Å². The molecule has 0 saturated carbocycles. The Hall–Kier alpha value is -1.35. The molecule has 0 spiro atoms. The lowest BCUT2D eigenvalue weighted by Crippen LogP contribution is -2.75. The maximum Gasteiger partial charge on any atom is 0.158 e. The van der Waals surface area contributed by atoms with Gasteiger partial charge < -0.3 is 15.6 Å². The third-order valence-electron chi connectivity index (χ3n) is 2.44. The molecule has 1 rings (SSSR count). The molecule has 0 aliphatic heterocycles. The number of carbonyl (C=O) groups excluding carboxylic acids is 1. The zero-order valence-corrected chi connectivity index (χ0v) is 8.76. The van der Waals surface area contributed by atoms with Gasteiger partial charge in [-0.15, -0.1) is 0 Å². The molecular weight excluding hydrogens is 178 g/mol. The molecule has 0 bridgehead atoms. The molecule has 3 nitrogen and oxygen atoms in total. The number of benzene rings is 1. The minimum Gasteiger partial charge on any atom is -0.543 e. The van der Waals surface area contributed by atoms with Crippen molar-refractivity contribution in [3.05, 3.63) is 34.9 Å². The molecule has 0 aromatic heterocycles. The van der Waals surface area contributed by atoms with Gasteiger partial charge in [-0.25, -0.2) is 0 Å². The highest BCUT2D eigenvalue weighted by atomic mass is 16.4. The Kier molecular flexibility index (Phi) is 2.62. The van der Waals surface area contributed by atoms with Crippen LogP contribution in [0.3, 0.4) is 0 Å². The van der Waals surface area contributed by atoms with Crippen molar-refractivity contribution in [3.63, 3.8) is 0 Å². The number of aryl methyl sites for hydroxylation is 2. The maximum absolute atomic E-state index is 10.9. The summed E-state index contributed by atoms with van der Waals surface area (Å²) in [5, 5.41) is 10.9. The van der Waals surface area contributed by atoms with Crippen LogP contribution in [-0.4, -0.2) is 5.97 Å². The number of carboxylic acid groups (broad SMARTS) is 1. The summed E-state index contributed by atoms with van der Waals surface area (Å²) in [5.74, 6) is -1.15. The summed E-state index contributed by atoms with van der Waals surface area (Å²) in [6.45, 7) is 5.36. The maximum atomic E-state index is 10.9. The first kappa shape index (κ1) is 10.7. The predicted molar refractivity (Wildman–Crippen MR) is 51.2 cm³/mol. The van der Waals surface area contributed by atoms with E-state index in [0.29, 0.717) is 0 Å². The van der Waals surface area contributed by atoms with Crippen LogP contribution >= 0.6 is 0 Å². The molecule has 3 heteroatoms. The van der Waals surface area contributed by atoms with E-state index in [4.69, 9.17) is 0 Å². The lowest BCUT2D eigenvalue weighted by atomic mass is 9.88. The standard InChI is InChI=1S/C11H15NO2/c1-7-4-5-8(2)9(6-7)11(3,12)10(13)14/h4-6H,12H2,1-3H3,(H,13,14)/t11-/m1/s1. The smallest absolute Gasteiger partial charge is 0.158 e. The minimum atomic E-state index is -1.17. The van der Waals surface area contributed by atoms with Crippen molar-refractivity contribution in [1.82, 2.24) is 0 Å². The Morgan fingerprint density at radius 3 is 2.50 bits per heavy atom. The Bertz CT molecular complexity index is 370. The van der Waals surface area contributed by atoms with Gasteiger partial charge in [0.25, 0.3) is 0 Å². The molecule has 0 aliphatic carbocycles. The molecule has 1 aromatic carbocycles. The monoisotopic (exact) mass is 193 g/mol. The van der Waals surface area contributed by atoms with Crippen LogP contribution in [0.4, 0.5) is 0 Å². The minimum absolute atomic E-state index is 0.720. The van der Waals surface area contributed by atoms with Crippen molar-refractivity contribution < 1.29 is 15.6 Å². The van der Waals surface area contributed by atoms with Crippen LogP contribution in [0.25, 0.3) is 0 Å². The number of aliphatic carboxylic acids is 1.